The van der Waals surface area contributed by atoms with Crippen LogP contribution in [-0.2, 0) is 9.59 Å². The van der Waals surface area contributed by atoms with Crippen LogP contribution in [-0.4, -0.2) is 27.0 Å². The van der Waals surface area contributed by atoms with Gasteiger partial charge in [-0.25, -0.2) is 0 Å². The minimum atomic E-state index is -1.01. The first-order valence-corrected chi connectivity index (χ1v) is 5.39. The van der Waals surface area contributed by atoms with Crippen molar-refractivity contribution in [3.05, 3.63) is 28.3 Å². The Labute approximate surface area is 107 Å². The van der Waals surface area contributed by atoms with Crippen molar-refractivity contribution in [1.82, 2.24) is 0 Å². The topological polar surface area (TPSA) is 130 Å². The Balaban J connectivity index is 2.68. The molecule has 0 fully saturated rings. The molecule has 0 unspecified atom stereocenters. The van der Waals surface area contributed by atoms with Crippen molar-refractivity contribution in [1.29, 1.82) is 0 Å². The quantitative estimate of drug-likeness (QED) is 0.407. The number of nitro benzene ring substituents is 1. The van der Waals surface area contributed by atoms with E-state index in [1.165, 1.54) is 12.1 Å². The van der Waals surface area contributed by atoms with Crippen LogP contribution >= 0.6 is 0 Å². The number of nitrogens with one attached hydrogen (secondary N) is 1. The van der Waals surface area contributed by atoms with Crippen molar-refractivity contribution in [2.24, 2.45) is 0 Å². The van der Waals surface area contributed by atoms with Gasteiger partial charge in [0.05, 0.1) is 11.0 Å². The van der Waals surface area contributed by atoms with Crippen LogP contribution < -0.4 is 5.32 Å². The van der Waals surface area contributed by atoms with Gasteiger partial charge in [-0.3, -0.25) is 19.7 Å². The molecule has 0 heterocycles. The zero-order valence-electron chi connectivity index (χ0n) is 9.83. The van der Waals surface area contributed by atoms with Crippen LogP contribution in [0.2, 0.25) is 0 Å². The molecule has 3 N–H and O–H groups in total. The summed E-state index contributed by atoms with van der Waals surface area (Å²) in [4.78, 5) is 31.7. The van der Waals surface area contributed by atoms with E-state index in [1.807, 2.05) is 0 Å². The Kier molecular flexibility index (Phi) is 4.81. The van der Waals surface area contributed by atoms with E-state index in [1.54, 1.807) is 0 Å². The number of hydrogen-bond acceptors (Lipinski definition) is 5. The Morgan fingerprint density at radius 1 is 1.32 bits per heavy atom. The van der Waals surface area contributed by atoms with Crippen molar-refractivity contribution in [2.75, 3.05) is 5.32 Å². The van der Waals surface area contributed by atoms with E-state index in [0.717, 1.165) is 6.07 Å². The third kappa shape index (κ3) is 4.62. The molecule has 0 bridgehead atoms. The highest BCUT2D eigenvalue weighted by molar-refractivity contribution is 5.93. The highest BCUT2D eigenvalue weighted by atomic mass is 16.6. The second-order valence-electron chi connectivity index (χ2n) is 3.75. The highest BCUT2D eigenvalue weighted by Crippen LogP contribution is 2.28. The first-order valence-electron chi connectivity index (χ1n) is 5.39. The van der Waals surface area contributed by atoms with E-state index in [2.05, 4.69) is 5.32 Å². The Morgan fingerprint density at radius 2 is 2.00 bits per heavy atom. The van der Waals surface area contributed by atoms with Crippen LogP contribution in [0, 0.1) is 10.1 Å². The molecule has 19 heavy (non-hydrogen) atoms. The largest absolute Gasteiger partial charge is 0.508 e. The van der Waals surface area contributed by atoms with Gasteiger partial charge >= 0.3 is 5.97 Å². The summed E-state index contributed by atoms with van der Waals surface area (Å²) in [5.41, 5.74) is -0.463. The molecule has 0 aliphatic carbocycles. The van der Waals surface area contributed by atoms with Gasteiger partial charge in [0.15, 0.2) is 0 Å². The second-order valence-corrected chi connectivity index (χ2v) is 3.75. The van der Waals surface area contributed by atoms with Crippen LogP contribution in [0.5, 0.6) is 5.75 Å². The number of aliphatic carboxylic acids is 1. The molecule has 0 aromatic heterocycles. The molecule has 8 nitrogen and oxygen atoms in total. The lowest BCUT2D eigenvalue weighted by molar-refractivity contribution is -0.384. The van der Waals surface area contributed by atoms with Gasteiger partial charge in [0.25, 0.3) is 5.69 Å². The van der Waals surface area contributed by atoms with Crippen molar-refractivity contribution < 1.29 is 24.7 Å². The van der Waals surface area contributed by atoms with E-state index in [4.69, 9.17) is 10.2 Å². The Morgan fingerprint density at radius 3 is 2.58 bits per heavy atom. The number of phenols is 1. The number of nitrogens with zero attached hydrogens (tertiary/aromatic N) is 1. The van der Waals surface area contributed by atoms with Crippen molar-refractivity contribution in [3.63, 3.8) is 0 Å². The molecule has 1 aromatic rings. The van der Waals surface area contributed by atoms with E-state index in [9.17, 15) is 19.7 Å². The van der Waals surface area contributed by atoms with Gasteiger partial charge in [-0.15, -0.1) is 0 Å². The van der Waals surface area contributed by atoms with E-state index in [0.29, 0.717) is 0 Å². The van der Waals surface area contributed by atoms with Crippen LogP contribution in [0.15, 0.2) is 18.2 Å². The summed E-state index contributed by atoms with van der Waals surface area (Å²) in [7, 11) is 0. The molecular formula is C11H12N2O6. The maximum atomic E-state index is 11.5. The maximum Gasteiger partial charge on any atom is 0.303 e. The number of hydrogen-bond donors (Lipinski definition) is 3. The third-order valence-corrected chi connectivity index (χ3v) is 2.25. The zero-order chi connectivity index (χ0) is 14.4. The molecule has 0 aliphatic rings. The summed E-state index contributed by atoms with van der Waals surface area (Å²) in [5, 5.41) is 30.6. The summed E-state index contributed by atoms with van der Waals surface area (Å²) in [5.74, 6) is -1.81. The molecule has 1 aromatic carbocycles. The van der Waals surface area contributed by atoms with Gasteiger partial charge in [0, 0.05) is 12.8 Å². The summed E-state index contributed by atoms with van der Waals surface area (Å²) < 4.78 is 0. The number of amides is 1. The number of rotatable bonds is 6. The SMILES string of the molecule is O=C(O)CCCC(=O)Nc1ccc(O)cc1[N+](=O)[O-]. The molecule has 1 rings (SSSR count). The standard InChI is InChI=1S/C11H12N2O6/c14-7-4-5-8(9(6-7)13(18)19)12-10(15)2-1-3-11(16)17/h4-6,14H,1-3H2,(H,12,15)(H,16,17). The zero-order valence-corrected chi connectivity index (χ0v) is 9.83. The smallest absolute Gasteiger partial charge is 0.303 e. The van der Waals surface area contributed by atoms with Gasteiger partial charge in [-0.2, -0.15) is 0 Å². The van der Waals surface area contributed by atoms with E-state index < -0.39 is 22.5 Å². The number of anilines is 1. The lowest BCUT2D eigenvalue weighted by Crippen LogP contribution is -2.13. The fourth-order valence-corrected chi connectivity index (χ4v) is 1.39. The number of nitro groups is 1. The van der Waals surface area contributed by atoms with Crippen LogP contribution in [0.4, 0.5) is 11.4 Å². The Hall–Kier alpha value is -2.64. The van der Waals surface area contributed by atoms with Crippen LogP contribution in [0.25, 0.3) is 0 Å². The summed E-state index contributed by atoms with van der Waals surface area (Å²) in [6.45, 7) is 0. The average molecular weight is 268 g/mol. The lowest BCUT2D eigenvalue weighted by Gasteiger charge is -2.05. The van der Waals surface area contributed by atoms with E-state index in [-0.39, 0.29) is 30.7 Å². The van der Waals surface area contributed by atoms with E-state index >= 15 is 0 Å². The Bertz CT molecular complexity index is 514. The molecule has 0 atom stereocenters. The molecule has 0 spiro atoms. The van der Waals surface area contributed by atoms with Crippen molar-refractivity contribution in [3.8, 4) is 5.75 Å². The molecule has 102 valence electrons. The normalized spacial score (nSPS) is 9.89. The predicted octanol–water partition coefficient (Wildman–Crippen LogP) is 1.49. The third-order valence-electron chi connectivity index (χ3n) is 2.25. The minimum absolute atomic E-state index is 0.0388. The molecule has 0 saturated heterocycles. The number of carboxylic acid groups (broad SMARTS) is 1. The average Bonchev–Trinajstić information content (AvgIpc) is 2.30. The fourth-order valence-electron chi connectivity index (χ4n) is 1.39. The van der Waals surface area contributed by atoms with Gasteiger partial charge in [-0.1, -0.05) is 0 Å². The number of carboxylic acids is 1. The molecule has 0 radical (unpaired) electrons. The molecular weight excluding hydrogens is 256 g/mol. The predicted molar refractivity (Wildman–Crippen MR) is 64.9 cm³/mol. The second kappa shape index (κ2) is 6.34. The molecule has 1 amide bonds. The first kappa shape index (κ1) is 14.4. The highest BCUT2D eigenvalue weighted by Gasteiger charge is 2.16. The summed E-state index contributed by atoms with van der Waals surface area (Å²) >= 11 is 0. The summed E-state index contributed by atoms with van der Waals surface area (Å²) in [6, 6.07) is 3.34. The monoisotopic (exact) mass is 268 g/mol. The lowest BCUT2D eigenvalue weighted by atomic mass is 10.2. The van der Waals surface area contributed by atoms with Gasteiger partial charge in [0.1, 0.15) is 11.4 Å². The minimum Gasteiger partial charge on any atom is -0.508 e. The van der Waals surface area contributed by atoms with Gasteiger partial charge < -0.3 is 15.5 Å². The number of carbonyl (C=O) groups excluding carboxylic acids is 1. The van der Waals surface area contributed by atoms with Gasteiger partial charge in [0.2, 0.25) is 5.91 Å². The number of benzene rings is 1. The van der Waals surface area contributed by atoms with Crippen LogP contribution in [0.3, 0.4) is 0 Å². The maximum absolute atomic E-state index is 11.5. The van der Waals surface area contributed by atoms with Crippen molar-refractivity contribution in [2.45, 2.75) is 19.3 Å². The molecule has 0 saturated carbocycles. The number of aromatic hydroxyl groups is 1. The van der Waals surface area contributed by atoms with Gasteiger partial charge in [-0.05, 0) is 18.6 Å². The summed E-state index contributed by atoms with van der Waals surface area (Å²) in [6.07, 6.45) is -0.0531. The number of carbonyl (C=O) groups is 2. The van der Waals surface area contributed by atoms with Crippen LogP contribution in [0.1, 0.15) is 19.3 Å². The molecule has 8 heteroatoms. The van der Waals surface area contributed by atoms with Crippen molar-refractivity contribution >= 4 is 23.3 Å². The molecule has 0 aliphatic heterocycles. The fraction of sp³-hybridized carbons (Fsp3) is 0.273. The number of phenolic OH excluding ortho intramolecular Hbond substituents is 1. The first-order chi connectivity index (χ1) is 8.90.